The Morgan fingerprint density at radius 3 is 1.56 bits per heavy atom. The summed E-state index contributed by atoms with van der Waals surface area (Å²) in [5.41, 5.74) is -2.09. The summed E-state index contributed by atoms with van der Waals surface area (Å²) in [5.74, 6) is -1.39. The fraction of sp³-hybridized carbons (Fsp3) is 0.409. The summed E-state index contributed by atoms with van der Waals surface area (Å²) in [7, 11) is 6.06. The van der Waals surface area contributed by atoms with Crippen molar-refractivity contribution in [2.24, 2.45) is 10.8 Å². The van der Waals surface area contributed by atoms with Crippen molar-refractivity contribution in [3.63, 3.8) is 0 Å². The zero-order chi connectivity index (χ0) is 24.3. The smallest absolute Gasteiger partial charge is 0.285 e. The Bertz CT molecular complexity index is 603. The molecule has 178 valence electrons. The number of hydrogen-bond acceptors (Lipinski definition) is 9. The van der Waals surface area contributed by atoms with Crippen LogP contribution in [0, 0.1) is 25.0 Å². The quantitative estimate of drug-likeness (QED) is 0.0455. The molecule has 1 unspecified atom stereocenters. The first-order valence-electron chi connectivity index (χ1n) is 9.03. The van der Waals surface area contributed by atoms with E-state index in [-0.39, 0.29) is 38.6 Å². The third-order valence-corrected chi connectivity index (χ3v) is 3.73. The second kappa shape index (κ2) is 18.2. The van der Waals surface area contributed by atoms with Gasteiger partial charge >= 0.3 is 0 Å². The van der Waals surface area contributed by atoms with Crippen LogP contribution in [0.2, 0.25) is 0 Å². The monoisotopic (exact) mass is 707 g/mol. The van der Waals surface area contributed by atoms with Gasteiger partial charge in [-0.15, -0.1) is 19.7 Å². The summed E-state index contributed by atoms with van der Waals surface area (Å²) >= 11 is 0. The van der Waals surface area contributed by atoms with Crippen molar-refractivity contribution in [1.29, 1.82) is 0 Å². The van der Waals surface area contributed by atoms with Crippen molar-refractivity contribution < 1.29 is 43.4 Å². The van der Waals surface area contributed by atoms with Crippen LogP contribution in [0.1, 0.15) is 20.3 Å². The largest absolute Gasteiger partial charge is 0.640 e. The molecular weight excluding hydrogens is 675 g/mol. The molecule has 0 saturated heterocycles. The maximum absolute atomic E-state index is 11.6. The zero-order valence-corrected chi connectivity index (χ0v) is 25.4. The molecule has 0 aliphatic heterocycles. The van der Waals surface area contributed by atoms with Gasteiger partial charge in [-0.2, -0.15) is 14.2 Å². The van der Waals surface area contributed by atoms with Gasteiger partial charge in [-0.1, -0.05) is 24.8 Å². The topological polar surface area (TPSA) is 107 Å². The molecule has 0 fully saturated rings. The standard InChI is InChI=1S/C12H19O6.C10H13O3.Rf/c1-5-7-15-17-9-12(3,11(13)14-4)10-18-16-8-6-2;1-5-8(11)7-10(3,6-2)9(12)13-4;/h5-6H,1-2,4,7-10H2,3H3;5-6H,1-2,4,7H2,3H3;/q2*-1;. The van der Waals surface area contributed by atoms with Crippen LogP contribution in [0.25, 0.3) is 0 Å². The number of ketones is 1. The van der Waals surface area contributed by atoms with E-state index < -0.39 is 22.8 Å². The molecular formula is C22H32O9Rf-2. The first-order chi connectivity index (χ1) is 14.6. The number of rotatable bonds is 16. The molecule has 9 nitrogen and oxygen atoms in total. The molecule has 0 aromatic heterocycles. The Morgan fingerprint density at radius 1 is 0.812 bits per heavy atom. The van der Waals surface area contributed by atoms with Crippen LogP contribution < -0.4 is 0 Å². The number of carbonyl (C=O) groups is 3. The Balaban J connectivity index is -0.000000535. The average Bonchev–Trinajstić information content (AvgIpc) is 2.78. The van der Waals surface area contributed by atoms with Gasteiger partial charge in [0.1, 0.15) is 31.8 Å². The summed E-state index contributed by atoms with van der Waals surface area (Å²) in [6.45, 7) is 17.1. The second-order valence-electron chi connectivity index (χ2n) is 6.56. The number of hydrogen-bond donors (Lipinski definition) is 0. The number of ether oxygens (including phenoxy) is 2. The van der Waals surface area contributed by atoms with E-state index in [4.69, 9.17) is 19.6 Å². The van der Waals surface area contributed by atoms with Crippen molar-refractivity contribution >= 4 is 17.7 Å². The van der Waals surface area contributed by atoms with E-state index in [1.165, 1.54) is 18.2 Å². The maximum atomic E-state index is 11.6. The first-order valence-corrected chi connectivity index (χ1v) is 9.03. The molecule has 0 spiro atoms. The predicted molar refractivity (Wildman–Crippen MR) is 113 cm³/mol. The van der Waals surface area contributed by atoms with Crippen LogP contribution in [0.4, 0.5) is 0 Å². The number of carbonyl (C=O) groups excluding carboxylic acids is 3. The fourth-order valence-electron chi connectivity index (χ4n) is 1.70. The molecule has 0 bridgehead atoms. The first kappa shape index (κ1) is 33.1. The molecule has 0 saturated carbocycles. The van der Waals surface area contributed by atoms with Gasteiger partial charge in [0, 0.05) is 6.42 Å². The van der Waals surface area contributed by atoms with Crippen LogP contribution in [-0.4, -0.2) is 44.1 Å². The third-order valence-electron chi connectivity index (χ3n) is 3.73. The second-order valence-corrected chi connectivity index (χ2v) is 6.56. The van der Waals surface area contributed by atoms with Crippen molar-refractivity contribution in [1.82, 2.24) is 0 Å². The van der Waals surface area contributed by atoms with E-state index in [0.717, 1.165) is 6.08 Å². The Labute approximate surface area is 184 Å². The molecule has 0 aliphatic carbocycles. The van der Waals surface area contributed by atoms with Crippen molar-refractivity contribution in [2.75, 3.05) is 26.4 Å². The summed E-state index contributed by atoms with van der Waals surface area (Å²) in [6, 6.07) is 0. The van der Waals surface area contributed by atoms with Crippen LogP contribution in [0.3, 0.4) is 0 Å². The zero-order valence-electron chi connectivity index (χ0n) is 19.0. The van der Waals surface area contributed by atoms with Gasteiger partial charge in [0.2, 0.25) is 0 Å². The minimum atomic E-state index is -1.08. The summed E-state index contributed by atoms with van der Waals surface area (Å²) < 4.78 is 8.73. The van der Waals surface area contributed by atoms with Gasteiger partial charge in [0.15, 0.2) is 5.78 Å². The molecule has 0 aromatic carbocycles. The van der Waals surface area contributed by atoms with E-state index in [2.05, 4.69) is 50.0 Å². The van der Waals surface area contributed by atoms with Crippen molar-refractivity contribution in [2.45, 2.75) is 20.3 Å². The fourth-order valence-corrected chi connectivity index (χ4v) is 1.70. The molecule has 0 aliphatic rings. The van der Waals surface area contributed by atoms with Gasteiger partial charge in [-0.05, 0) is 19.9 Å². The molecule has 0 N–H and O–H groups in total. The predicted octanol–water partition coefficient (Wildman–Crippen LogP) is 3.25. The Hall–Kier alpha value is -3.59. The van der Waals surface area contributed by atoms with Gasteiger partial charge in [-0.25, -0.2) is 19.6 Å². The molecule has 0 rings (SSSR count). The van der Waals surface area contributed by atoms with E-state index in [0.29, 0.717) is 0 Å². The average molecular weight is 707 g/mol. The molecule has 1 atom stereocenters. The van der Waals surface area contributed by atoms with E-state index in [1.54, 1.807) is 13.8 Å². The molecule has 0 heterocycles. The van der Waals surface area contributed by atoms with E-state index in [1.807, 2.05) is 0 Å². The van der Waals surface area contributed by atoms with E-state index >= 15 is 0 Å². The number of esters is 2. The normalized spacial score (nSPS) is 11.9. The van der Waals surface area contributed by atoms with Crippen LogP contribution in [0.15, 0.2) is 50.6 Å². The van der Waals surface area contributed by atoms with Gasteiger partial charge < -0.3 is 9.47 Å². The van der Waals surface area contributed by atoms with Gasteiger partial charge in [0.25, 0.3) is 11.9 Å². The Morgan fingerprint density at radius 2 is 1.25 bits per heavy atom. The number of allylic oxidation sites excluding steroid dienone is 1. The molecule has 0 aromatic rings. The molecule has 0 amide bonds. The maximum Gasteiger partial charge on any atom is 0.285 e. The molecule has 32 heavy (non-hydrogen) atoms. The summed E-state index contributed by atoms with van der Waals surface area (Å²) in [6.07, 6.45) is 5.58. The molecule has 0 radical (unpaired) electrons. The molecule has 10 heteroatoms. The van der Waals surface area contributed by atoms with E-state index in [9.17, 15) is 14.4 Å². The van der Waals surface area contributed by atoms with Crippen molar-refractivity contribution in [3.05, 3.63) is 64.8 Å². The minimum Gasteiger partial charge on any atom is -0.640 e. The minimum absolute atomic E-state index is 0. The van der Waals surface area contributed by atoms with Gasteiger partial charge in [0.05, 0.1) is 5.41 Å². The van der Waals surface area contributed by atoms with Crippen LogP contribution in [0.5, 0.6) is 0 Å². The SMILES string of the molecule is C=CC(=O)CC(C)(C=C)C(=O)O[CH2-].C=CCOOCC(C)(COOCC=C)C(=O)O[CH2-].[Rf]. The summed E-state index contributed by atoms with van der Waals surface area (Å²) in [5, 5.41) is 0. The van der Waals surface area contributed by atoms with Crippen LogP contribution >= 0.6 is 0 Å². The summed E-state index contributed by atoms with van der Waals surface area (Å²) in [4.78, 5) is 53.0. The van der Waals surface area contributed by atoms with Crippen LogP contribution in [-0.2, 0) is 43.4 Å². The third kappa shape index (κ3) is 12.9. The Kier molecular flexibility index (Phi) is 18.8. The van der Waals surface area contributed by atoms with Gasteiger partial charge in [-0.3, -0.25) is 14.4 Å². The van der Waals surface area contributed by atoms with Crippen molar-refractivity contribution in [3.8, 4) is 0 Å².